The predicted molar refractivity (Wildman–Crippen MR) is 79.8 cm³/mol. The highest BCUT2D eigenvalue weighted by molar-refractivity contribution is 5.78. The van der Waals surface area contributed by atoms with Gasteiger partial charge < -0.3 is 10.1 Å². The lowest BCUT2D eigenvalue weighted by Gasteiger charge is -2.22. The average molecular weight is 330 g/mol. The first-order chi connectivity index (χ1) is 11.0. The van der Waals surface area contributed by atoms with Crippen molar-refractivity contribution in [1.82, 2.24) is 10.6 Å². The third kappa shape index (κ3) is 5.84. The molecule has 0 aliphatic carbocycles. The van der Waals surface area contributed by atoms with Crippen LogP contribution in [0.15, 0.2) is 30.3 Å². The van der Waals surface area contributed by atoms with Crippen molar-refractivity contribution < 1.29 is 22.7 Å². The van der Waals surface area contributed by atoms with Crippen LogP contribution in [-0.4, -0.2) is 37.9 Å². The molecule has 0 spiro atoms. The first kappa shape index (κ1) is 17.7. The van der Waals surface area contributed by atoms with Crippen molar-refractivity contribution in [3.8, 4) is 0 Å². The Morgan fingerprint density at radius 2 is 2.04 bits per heavy atom. The molecule has 1 aliphatic rings. The van der Waals surface area contributed by atoms with Crippen LogP contribution in [-0.2, 0) is 9.53 Å². The van der Waals surface area contributed by atoms with E-state index in [1.165, 1.54) is 24.3 Å². The Kier molecular flexibility index (Phi) is 6.41. The first-order valence-electron chi connectivity index (χ1n) is 7.70. The highest BCUT2D eigenvalue weighted by atomic mass is 19.4. The molecule has 1 aliphatic heterocycles. The Labute approximate surface area is 133 Å². The van der Waals surface area contributed by atoms with E-state index < -0.39 is 18.1 Å². The molecule has 128 valence electrons. The van der Waals surface area contributed by atoms with Gasteiger partial charge in [-0.1, -0.05) is 30.3 Å². The number of hydrogen-bond acceptors (Lipinski definition) is 3. The Morgan fingerprint density at radius 3 is 2.65 bits per heavy atom. The van der Waals surface area contributed by atoms with Crippen molar-refractivity contribution in [3.63, 3.8) is 0 Å². The van der Waals surface area contributed by atoms with Crippen molar-refractivity contribution in [2.24, 2.45) is 0 Å². The number of halogens is 3. The zero-order valence-corrected chi connectivity index (χ0v) is 12.7. The lowest BCUT2D eigenvalue weighted by Crippen LogP contribution is -2.41. The van der Waals surface area contributed by atoms with E-state index in [0.29, 0.717) is 13.0 Å². The Balaban J connectivity index is 1.77. The number of carbonyl (C=O) groups is 1. The zero-order valence-electron chi connectivity index (χ0n) is 12.7. The molecule has 1 fully saturated rings. The van der Waals surface area contributed by atoms with Crippen LogP contribution in [0.1, 0.15) is 30.9 Å². The van der Waals surface area contributed by atoms with Crippen LogP contribution >= 0.6 is 0 Å². The van der Waals surface area contributed by atoms with Crippen molar-refractivity contribution in [3.05, 3.63) is 35.9 Å². The van der Waals surface area contributed by atoms with Gasteiger partial charge >= 0.3 is 6.18 Å². The van der Waals surface area contributed by atoms with E-state index in [0.717, 1.165) is 19.4 Å². The maximum absolute atomic E-state index is 13.1. The van der Waals surface area contributed by atoms with Crippen LogP contribution in [0, 0.1) is 0 Å². The summed E-state index contributed by atoms with van der Waals surface area (Å²) in [6.45, 7) is 0.766. The molecule has 0 aromatic heterocycles. The molecule has 2 atom stereocenters. The molecule has 2 N–H and O–H groups in total. The number of amides is 1. The lowest BCUT2D eigenvalue weighted by molar-refractivity contribution is -0.158. The second-order valence-corrected chi connectivity index (χ2v) is 5.54. The van der Waals surface area contributed by atoms with Crippen LogP contribution in [0.4, 0.5) is 13.2 Å². The summed E-state index contributed by atoms with van der Waals surface area (Å²) in [5, 5.41) is 4.90. The van der Waals surface area contributed by atoms with E-state index in [-0.39, 0.29) is 18.2 Å². The third-order valence-corrected chi connectivity index (χ3v) is 3.74. The van der Waals surface area contributed by atoms with Crippen LogP contribution in [0.3, 0.4) is 0 Å². The van der Waals surface area contributed by atoms with Gasteiger partial charge in [0.15, 0.2) is 0 Å². The van der Waals surface area contributed by atoms with Gasteiger partial charge in [-0.25, -0.2) is 0 Å². The van der Waals surface area contributed by atoms with Gasteiger partial charge in [-0.15, -0.1) is 0 Å². The topological polar surface area (TPSA) is 50.4 Å². The lowest BCUT2D eigenvalue weighted by atomic mass is 10.1. The van der Waals surface area contributed by atoms with Crippen LogP contribution in [0.5, 0.6) is 0 Å². The largest absolute Gasteiger partial charge is 0.407 e. The van der Waals surface area contributed by atoms with Crippen molar-refractivity contribution in [2.45, 2.75) is 37.6 Å². The fourth-order valence-electron chi connectivity index (χ4n) is 2.57. The average Bonchev–Trinajstić information content (AvgIpc) is 3.00. The standard InChI is InChI=1S/C16H21F3N2O2/c17-16(18,19)15(12-5-2-1-3-6-12)21-11-14(22)20-9-8-13-7-4-10-23-13/h1-3,5-6,13,15,21H,4,7-11H2,(H,20,22)/t13-,15-/m1/s1. The van der Waals surface area contributed by atoms with Crippen molar-refractivity contribution >= 4 is 5.91 Å². The van der Waals surface area contributed by atoms with E-state index in [1.807, 2.05) is 0 Å². The summed E-state index contributed by atoms with van der Waals surface area (Å²) >= 11 is 0. The minimum Gasteiger partial charge on any atom is -0.378 e. The smallest absolute Gasteiger partial charge is 0.378 e. The fourth-order valence-corrected chi connectivity index (χ4v) is 2.57. The van der Waals surface area contributed by atoms with Gasteiger partial charge in [0, 0.05) is 13.2 Å². The number of ether oxygens (including phenoxy) is 1. The summed E-state index contributed by atoms with van der Waals surface area (Å²) in [5.74, 6) is -0.451. The Hall–Kier alpha value is -1.60. The minimum atomic E-state index is -4.46. The van der Waals surface area contributed by atoms with Crippen LogP contribution in [0.2, 0.25) is 0 Å². The fraction of sp³-hybridized carbons (Fsp3) is 0.562. The molecule has 0 unspecified atom stereocenters. The van der Waals surface area contributed by atoms with E-state index in [1.54, 1.807) is 6.07 Å². The minimum absolute atomic E-state index is 0.0900. The summed E-state index contributed by atoms with van der Waals surface area (Å²) < 4.78 is 44.7. The maximum Gasteiger partial charge on any atom is 0.407 e. The van der Waals surface area contributed by atoms with Gasteiger partial charge in [-0.05, 0) is 24.8 Å². The molecule has 1 aromatic rings. The normalized spacial score (nSPS) is 19.5. The van der Waals surface area contributed by atoms with Crippen molar-refractivity contribution in [1.29, 1.82) is 0 Å². The van der Waals surface area contributed by atoms with E-state index in [9.17, 15) is 18.0 Å². The molecule has 0 radical (unpaired) electrons. The number of rotatable bonds is 7. The quantitative estimate of drug-likeness (QED) is 0.808. The highest BCUT2D eigenvalue weighted by Crippen LogP contribution is 2.32. The Bertz CT molecular complexity index is 488. The first-order valence-corrected chi connectivity index (χ1v) is 7.70. The maximum atomic E-state index is 13.1. The number of alkyl halides is 3. The number of benzene rings is 1. The third-order valence-electron chi connectivity index (χ3n) is 3.74. The molecule has 1 saturated heterocycles. The summed E-state index contributed by atoms with van der Waals surface area (Å²) in [6.07, 6.45) is -1.63. The van der Waals surface area contributed by atoms with Gasteiger partial charge in [-0.3, -0.25) is 10.1 Å². The summed E-state index contributed by atoms with van der Waals surface area (Å²) in [7, 11) is 0. The second kappa shape index (κ2) is 8.31. The van der Waals surface area contributed by atoms with Gasteiger partial charge in [0.25, 0.3) is 0 Å². The Morgan fingerprint density at radius 1 is 1.30 bits per heavy atom. The molecule has 1 aromatic carbocycles. The van der Waals surface area contributed by atoms with E-state index in [4.69, 9.17) is 4.74 Å². The summed E-state index contributed by atoms with van der Waals surface area (Å²) in [5.41, 5.74) is 0.0900. The molecule has 0 saturated carbocycles. The molecule has 4 nitrogen and oxygen atoms in total. The highest BCUT2D eigenvalue weighted by Gasteiger charge is 2.40. The van der Waals surface area contributed by atoms with Crippen LogP contribution < -0.4 is 10.6 Å². The summed E-state index contributed by atoms with van der Waals surface area (Å²) in [4.78, 5) is 11.7. The van der Waals surface area contributed by atoms with E-state index in [2.05, 4.69) is 10.6 Å². The molecule has 7 heteroatoms. The van der Waals surface area contributed by atoms with Gasteiger partial charge in [0.05, 0.1) is 12.6 Å². The monoisotopic (exact) mass is 330 g/mol. The van der Waals surface area contributed by atoms with Gasteiger partial charge in [0.1, 0.15) is 6.04 Å². The molecule has 2 rings (SSSR count). The number of hydrogen-bond donors (Lipinski definition) is 2. The summed E-state index contributed by atoms with van der Waals surface area (Å²) in [6, 6.07) is 5.65. The molecule has 23 heavy (non-hydrogen) atoms. The molecule has 1 amide bonds. The van der Waals surface area contributed by atoms with Gasteiger partial charge in [0.2, 0.25) is 5.91 Å². The van der Waals surface area contributed by atoms with Crippen LogP contribution in [0.25, 0.3) is 0 Å². The molecule has 0 bridgehead atoms. The second-order valence-electron chi connectivity index (χ2n) is 5.54. The zero-order chi connectivity index (χ0) is 16.7. The number of carbonyl (C=O) groups excluding carboxylic acids is 1. The van der Waals surface area contributed by atoms with Crippen molar-refractivity contribution in [2.75, 3.05) is 19.7 Å². The SMILES string of the molecule is O=C(CN[C@H](c1ccccc1)C(F)(F)F)NCC[C@H]1CCCO1. The molecule has 1 heterocycles. The molecular formula is C16H21F3N2O2. The van der Waals surface area contributed by atoms with E-state index >= 15 is 0 Å². The number of nitrogens with one attached hydrogen (secondary N) is 2. The predicted octanol–water partition coefficient (Wildman–Crippen LogP) is 2.56. The molecular weight excluding hydrogens is 309 g/mol. The van der Waals surface area contributed by atoms with Gasteiger partial charge in [-0.2, -0.15) is 13.2 Å².